The SMILES string of the molecule is CCCCC(CC)Cn1nnnc1CNC(C)C. The van der Waals surface area contributed by atoms with Crippen LogP contribution in [0.4, 0.5) is 0 Å². The summed E-state index contributed by atoms with van der Waals surface area (Å²) in [5, 5.41) is 15.4. The Morgan fingerprint density at radius 3 is 2.67 bits per heavy atom. The fourth-order valence-electron chi connectivity index (χ4n) is 1.95. The van der Waals surface area contributed by atoms with Crippen LogP contribution in [0.3, 0.4) is 0 Å². The lowest BCUT2D eigenvalue weighted by atomic mass is 9.99. The Kier molecular flexibility index (Phi) is 6.86. The molecule has 1 rings (SSSR count). The zero-order valence-corrected chi connectivity index (χ0v) is 12.2. The van der Waals surface area contributed by atoms with E-state index in [1.165, 1.54) is 25.7 Å². The summed E-state index contributed by atoms with van der Waals surface area (Å²) in [5.74, 6) is 1.63. The zero-order chi connectivity index (χ0) is 13.4. The van der Waals surface area contributed by atoms with Crippen molar-refractivity contribution in [1.29, 1.82) is 0 Å². The van der Waals surface area contributed by atoms with Gasteiger partial charge in [0.05, 0.1) is 6.54 Å². The number of tetrazole rings is 1. The predicted octanol–water partition coefficient (Wildman–Crippen LogP) is 2.39. The monoisotopic (exact) mass is 253 g/mol. The molecule has 5 heteroatoms. The van der Waals surface area contributed by atoms with Gasteiger partial charge in [0, 0.05) is 12.6 Å². The van der Waals surface area contributed by atoms with Gasteiger partial charge in [0.2, 0.25) is 0 Å². The van der Waals surface area contributed by atoms with Crippen molar-refractivity contribution in [3.8, 4) is 0 Å². The number of aromatic nitrogens is 4. The molecule has 0 saturated carbocycles. The molecule has 1 aromatic rings. The van der Waals surface area contributed by atoms with E-state index in [9.17, 15) is 0 Å². The first-order chi connectivity index (χ1) is 8.67. The van der Waals surface area contributed by atoms with Crippen molar-refractivity contribution in [2.45, 2.75) is 72.5 Å². The van der Waals surface area contributed by atoms with Crippen LogP contribution in [0.25, 0.3) is 0 Å². The third-order valence-corrected chi connectivity index (χ3v) is 3.25. The van der Waals surface area contributed by atoms with Crippen molar-refractivity contribution in [2.75, 3.05) is 0 Å². The van der Waals surface area contributed by atoms with E-state index in [0.29, 0.717) is 12.0 Å². The lowest BCUT2D eigenvalue weighted by molar-refractivity contribution is 0.358. The number of unbranched alkanes of at least 4 members (excludes halogenated alkanes) is 1. The molecule has 0 aliphatic rings. The summed E-state index contributed by atoms with van der Waals surface area (Å²) in [5.41, 5.74) is 0. The Hall–Kier alpha value is -0.970. The van der Waals surface area contributed by atoms with Gasteiger partial charge >= 0.3 is 0 Å². The molecule has 1 N–H and O–H groups in total. The van der Waals surface area contributed by atoms with Gasteiger partial charge in [-0.05, 0) is 22.8 Å². The Morgan fingerprint density at radius 1 is 1.28 bits per heavy atom. The molecular formula is C13H27N5. The number of hydrogen-bond acceptors (Lipinski definition) is 4. The van der Waals surface area contributed by atoms with Crippen LogP contribution in [0, 0.1) is 5.92 Å². The average Bonchev–Trinajstić information content (AvgIpc) is 2.79. The van der Waals surface area contributed by atoms with Crippen LogP contribution in [0.2, 0.25) is 0 Å². The average molecular weight is 253 g/mol. The third-order valence-electron chi connectivity index (χ3n) is 3.25. The predicted molar refractivity (Wildman–Crippen MR) is 73.1 cm³/mol. The van der Waals surface area contributed by atoms with Gasteiger partial charge < -0.3 is 5.32 Å². The first-order valence-electron chi connectivity index (χ1n) is 7.15. The highest BCUT2D eigenvalue weighted by Gasteiger charge is 2.12. The van der Waals surface area contributed by atoms with E-state index in [2.05, 4.69) is 48.5 Å². The van der Waals surface area contributed by atoms with Gasteiger partial charge in [0.25, 0.3) is 0 Å². The second kappa shape index (κ2) is 8.19. The highest BCUT2D eigenvalue weighted by Crippen LogP contribution is 2.15. The van der Waals surface area contributed by atoms with Crippen molar-refractivity contribution in [2.24, 2.45) is 5.92 Å². The first-order valence-corrected chi connectivity index (χ1v) is 7.15. The summed E-state index contributed by atoms with van der Waals surface area (Å²) in [6.45, 7) is 10.4. The van der Waals surface area contributed by atoms with Crippen molar-refractivity contribution in [1.82, 2.24) is 25.5 Å². The van der Waals surface area contributed by atoms with Crippen molar-refractivity contribution >= 4 is 0 Å². The Morgan fingerprint density at radius 2 is 2.06 bits per heavy atom. The molecule has 0 bridgehead atoms. The summed E-state index contributed by atoms with van der Waals surface area (Å²) >= 11 is 0. The van der Waals surface area contributed by atoms with E-state index in [1.54, 1.807) is 0 Å². The fraction of sp³-hybridized carbons (Fsp3) is 0.923. The lowest BCUT2D eigenvalue weighted by Gasteiger charge is -2.15. The molecule has 18 heavy (non-hydrogen) atoms. The molecule has 0 aliphatic heterocycles. The minimum atomic E-state index is 0.456. The van der Waals surface area contributed by atoms with Crippen molar-refractivity contribution < 1.29 is 0 Å². The summed E-state index contributed by atoms with van der Waals surface area (Å²) in [6.07, 6.45) is 5.01. The second-order valence-electron chi connectivity index (χ2n) is 5.23. The van der Waals surface area contributed by atoms with Crippen LogP contribution in [-0.4, -0.2) is 26.2 Å². The summed E-state index contributed by atoms with van der Waals surface area (Å²) in [6, 6.07) is 0.456. The van der Waals surface area contributed by atoms with Gasteiger partial charge in [0.15, 0.2) is 5.82 Å². The van der Waals surface area contributed by atoms with E-state index >= 15 is 0 Å². The smallest absolute Gasteiger partial charge is 0.165 e. The second-order valence-corrected chi connectivity index (χ2v) is 5.23. The molecule has 0 fully saturated rings. The maximum absolute atomic E-state index is 4.11. The Bertz CT molecular complexity index is 321. The summed E-state index contributed by atoms with van der Waals surface area (Å²) in [4.78, 5) is 0. The topological polar surface area (TPSA) is 55.6 Å². The van der Waals surface area contributed by atoms with Crippen molar-refractivity contribution in [3.05, 3.63) is 5.82 Å². The Labute approximate surface area is 110 Å². The van der Waals surface area contributed by atoms with E-state index in [4.69, 9.17) is 0 Å². The number of hydrogen-bond donors (Lipinski definition) is 1. The maximum atomic E-state index is 4.11. The lowest BCUT2D eigenvalue weighted by Crippen LogP contribution is -2.25. The van der Waals surface area contributed by atoms with Crippen LogP contribution in [0.15, 0.2) is 0 Å². The van der Waals surface area contributed by atoms with Crippen LogP contribution in [0.1, 0.15) is 59.2 Å². The zero-order valence-electron chi connectivity index (χ0n) is 12.2. The molecule has 1 aromatic heterocycles. The van der Waals surface area contributed by atoms with Crippen LogP contribution in [-0.2, 0) is 13.1 Å². The number of nitrogens with zero attached hydrogens (tertiary/aromatic N) is 4. The minimum Gasteiger partial charge on any atom is -0.308 e. The molecule has 5 nitrogen and oxygen atoms in total. The van der Waals surface area contributed by atoms with Crippen LogP contribution < -0.4 is 5.32 Å². The maximum Gasteiger partial charge on any atom is 0.165 e. The molecule has 0 spiro atoms. The van der Waals surface area contributed by atoms with E-state index in [-0.39, 0.29) is 0 Å². The minimum absolute atomic E-state index is 0.456. The molecule has 104 valence electrons. The quantitative estimate of drug-likeness (QED) is 0.734. The van der Waals surface area contributed by atoms with Gasteiger partial charge in [0.1, 0.15) is 0 Å². The molecule has 1 unspecified atom stereocenters. The summed E-state index contributed by atoms with van der Waals surface area (Å²) in [7, 11) is 0. The molecule has 0 amide bonds. The van der Waals surface area contributed by atoms with E-state index in [0.717, 1.165) is 18.9 Å². The fourth-order valence-corrected chi connectivity index (χ4v) is 1.95. The highest BCUT2D eigenvalue weighted by molar-refractivity contribution is 4.81. The molecule has 1 atom stereocenters. The highest BCUT2D eigenvalue weighted by atomic mass is 15.5. The molecular weight excluding hydrogens is 226 g/mol. The molecule has 1 heterocycles. The third kappa shape index (κ3) is 5.12. The van der Waals surface area contributed by atoms with Crippen molar-refractivity contribution in [3.63, 3.8) is 0 Å². The van der Waals surface area contributed by atoms with E-state index in [1.807, 2.05) is 4.68 Å². The van der Waals surface area contributed by atoms with Gasteiger partial charge in [-0.1, -0.05) is 47.0 Å². The summed E-state index contributed by atoms with van der Waals surface area (Å²) < 4.78 is 1.96. The van der Waals surface area contributed by atoms with Gasteiger partial charge in [-0.15, -0.1) is 5.10 Å². The number of rotatable bonds is 9. The van der Waals surface area contributed by atoms with E-state index < -0.39 is 0 Å². The number of nitrogens with one attached hydrogen (secondary N) is 1. The normalized spacial score (nSPS) is 13.2. The van der Waals surface area contributed by atoms with Crippen LogP contribution in [0.5, 0.6) is 0 Å². The molecule has 0 aliphatic carbocycles. The molecule has 0 aromatic carbocycles. The van der Waals surface area contributed by atoms with Gasteiger partial charge in [-0.25, -0.2) is 4.68 Å². The molecule has 0 saturated heterocycles. The first kappa shape index (κ1) is 15.1. The largest absolute Gasteiger partial charge is 0.308 e. The van der Waals surface area contributed by atoms with Gasteiger partial charge in [-0.3, -0.25) is 0 Å². The van der Waals surface area contributed by atoms with Crippen LogP contribution >= 0.6 is 0 Å². The Balaban J connectivity index is 2.51. The standard InChI is InChI=1S/C13H27N5/c1-5-7-8-12(6-2)10-18-13(15-16-17-18)9-14-11(3)4/h11-12,14H,5-10H2,1-4H3. The molecule has 0 radical (unpaired) electrons. The van der Waals surface area contributed by atoms with Gasteiger partial charge in [-0.2, -0.15) is 0 Å².